The van der Waals surface area contributed by atoms with Crippen molar-refractivity contribution in [3.63, 3.8) is 0 Å². The third-order valence-electron chi connectivity index (χ3n) is 3.29. The van der Waals surface area contributed by atoms with Gasteiger partial charge in [0.2, 0.25) is 0 Å². The summed E-state index contributed by atoms with van der Waals surface area (Å²) in [5.41, 5.74) is 2.21. The van der Waals surface area contributed by atoms with Gasteiger partial charge in [0, 0.05) is 16.4 Å². The number of nitrogens with zero attached hydrogens (tertiary/aromatic N) is 2. The summed E-state index contributed by atoms with van der Waals surface area (Å²) in [6.45, 7) is 1.91. The van der Waals surface area contributed by atoms with Crippen molar-refractivity contribution in [3.8, 4) is 0 Å². The van der Waals surface area contributed by atoms with E-state index in [-0.39, 0.29) is 5.91 Å². The molecule has 1 N–H and O–H groups in total. The van der Waals surface area contributed by atoms with Gasteiger partial charge in [-0.3, -0.25) is 9.20 Å². The number of amides is 1. The molecule has 0 saturated carbocycles. The maximum Gasteiger partial charge on any atom is 0.274 e. The number of benzene rings is 1. The highest BCUT2D eigenvalue weighted by atomic mass is 79.9. The summed E-state index contributed by atoms with van der Waals surface area (Å²) in [6.07, 6.45) is 1.86. The van der Waals surface area contributed by atoms with E-state index in [9.17, 15) is 9.18 Å². The number of aromatic nitrogens is 2. The number of hydrogen-bond donors (Lipinski definition) is 1. The fourth-order valence-corrected chi connectivity index (χ4v) is 2.71. The molecule has 4 nitrogen and oxygen atoms in total. The minimum absolute atomic E-state index is 0.312. The van der Waals surface area contributed by atoms with Gasteiger partial charge >= 0.3 is 0 Å². The van der Waals surface area contributed by atoms with Crippen molar-refractivity contribution in [3.05, 3.63) is 64.3 Å². The van der Waals surface area contributed by atoms with Gasteiger partial charge in [-0.05, 0) is 36.8 Å². The van der Waals surface area contributed by atoms with E-state index in [0.717, 1.165) is 4.47 Å². The lowest BCUT2D eigenvalue weighted by Gasteiger charge is -2.07. The quantitative estimate of drug-likeness (QED) is 0.764. The lowest BCUT2D eigenvalue weighted by atomic mass is 10.2. The molecule has 2 aromatic heterocycles. The van der Waals surface area contributed by atoms with Crippen molar-refractivity contribution >= 4 is 33.2 Å². The second-order valence-corrected chi connectivity index (χ2v) is 5.72. The normalized spacial score (nSPS) is 10.9. The van der Waals surface area contributed by atoms with E-state index in [1.807, 2.05) is 19.1 Å². The molecule has 1 amide bonds. The Morgan fingerprint density at radius 3 is 2.91 bits per heavy atom. The summed E-state index contributed by atoms with van der Waals surface area (Å²) in [5, 5.41) is 2.82. The first-order valence-corrected chi connectivity index (χ1v) is 7.61. The molecule has 0 aliphatic carbocycles. The van der Waals surface area contributed by atoms with Gasteiger partial charge in [0.1, 0.15) is 17.2 Å². The summed E-state index contributed by atoms with van der Waals surface area (Å²) in [4.78, 5) is 17.0. The van der Waals surface area contributed by atoms with Crippen molar-refractivity contribution in [1.82, 2.24) is 9.38 Å². The molecular formula is C16H13BrFN3O. The van der Waals surface area contributed by atoms with Crippen molar-refractivity contribution in [2.75, 3.05) is 5.32 Å². The van der Waals surface area contributed by atoms with Crippen LogP contribution in [-0.4, -0.2) is 15.3 Å². The number of rotatable bonds is 3. The van der Waals surface area contributed by atoms with E-state index in [0.29, 0.717) is 29.1 Å². The number of imidazole rings is 1. The number of pyridine rings is 1. The molecule has 0 spiro atoms. The number of carbonyl (C=O) groups excluding carboxylic acids is 1. The highest BCUT2D eigenvalue weighted by Gasteiger charge is 2.18. The summed E-state index contributed by atoms with van der Waals surface area (Å²) < 4.78 is 15.8. The predicted molar refractivity (Wildman–Crippen MR) is 86.6 cm³/mol. The van der Waals surface area contributed by atoms with Crippen LogP contribution in [0.1, 0.15) is 23.1 Å². The average Bonchev–Trinajstić information content (AvgIpc) is 2.85. The maximum absolute atomic E-state index is 13.5. The molecule has 0 aliphatic rings. The molecule has 0 unspecified atom stereocenters. The van der Waals surface area contributed by atoms with Crippen LogP contribution in [0.25, 0.3) is 5.65 Å². The maximum atomic E-state index is 13.5. The fraction of sp³-hybridized carbons (Fsp3) is 0.125. The molecule has 0 radical (unpaired) electrons. The lowest BCUT2D eigenvalue weighted by Crippen LogP contribution is -2.16. The molecule has 0 fully saturated rings. The minimum Gasteiger partial charge on any atom is -0.321 e. The standard InChI is InChI=1S/C16H13BrFN3O/c1-2-13-15(21-9-11(18)6-7-14(21)20-13)16(22)19-12-5-3-4-10(17)8-12/h3-9H,2H2,1H3,(H,19,22). The van der Waals surface area contributed by atoms with Crippen LogP contribution in [0.3, 0.4) is 0 Å². The minimum atomic E-state index is -0.413. The first-order chi connectivity index (χ1) is 10.6. The van der Waals surface area contributed by atoms with Crippen molar-refractivity contribution < 1.29 is 9.18 Å². The zero-order valence-electron chi connectivity index (χ0n) is 11.8. The molecular weight excluding hydrogens is 349 g/mol. The van der Waals surface area contributed by atoms with Crippen molar-refractivity contribution in [2.45, 2.75) is 13.3 Å². The second kappa shape index (κ2) is 5.88. The van der Waals surface area contributed by atoms with Gasteiger partial charge in [-0.1, -0.05) is 28.9 Å². The molecule has 0 aliphatic heterocycles. The molecule has 6 heteroatoms. The summed E-state index contributed by atoms with van der Waals surface area (Å²) in [6, 6.07) is 10.2. The molecule has 112 valence electrons. The monoisotopic (exact) mass is 361 g/mol. The lowest BCUT2D eigenvalue weighted by molar-refractivity contribution is 0.102. The van der Waals surface area contributed by atoms with E-state index < -0.39 is 5.82 Å². The Hall–Kier alpha value is -2.21. The molecule has 2 heterocycles. The molecule has 22 heavy (non-hydrogen) atoms. The van der Waals surface area contributed by atoms with Gasteiger partial charge in [-0.15, -0.1) is 0 Å². The molecule has 0 saturated heterocycles. The summed E-state index contributed by atoms with van der Waals surface area (Å²) in [7, 11) is 0. The molecule has 3 aromatic rings. The van der Waals surface area contributed by atoms with Crippen LogP contribution in [0.4, 0.5) is 10.1 Å². The Kier molecular flexibility index (Phi) is 3.94. The smallest absolute Gasteiger partial charge is 0.274 e. The number of hydrogen-bond acceptors (Lipinski definition) is 2. The van der Waals surface area contributed by atoms with Gasteiger partial charge in [0.05, 0.1) is 5.69 Å². The number of fused-ring (bicyclic) bond motifs is 1. The van der Waals surface area contributed by atoms with Crippen LogP contribution < -0.4 is 5.32 Å². The van der Waals surface area contributed by atoms with Gasteiger partial charge in [0.15, 0.2) is 0 Å². The first-order valence-electron chi connectivity index (χ1n) is 6.82. The van der Waals surface area contributed by atoms with E-state index in [1.54, 1.807) is 18.2 Å². The average molecular weight is 362 g/mol. The Balaban J connectivity index is 2.04. The van der Waals surface area contributed by atoms with Gasteiger partial charge in [-0.25, -0.2) is 9.37 Å². The number of nitrogens with one attached hydrogen (secondary N) is 1. The van der Waals surface area contributed by atoms with Crippen LogP contribution in [0.2, 0.25) is 0 Å². The third kappa shape index (κ3) is 2.74. The number of aryl methyl sites for hydroxylation is 1. The predicted octanol–water partition coefficient (Wildman–Crippen LogP) is 4.05. The zero-order valence-corrected chi connectivity index (χ0v) is 13.4. The van der Waals surface area contributed by atoms with E-state index in [2.05, 4.69) is 26.2 Å². The first kappa shape index (κ1) is 14.7. The fourth-order valence-electron chi connectivity index (χ4n) is 2.31. The molecule has 0 atom stereocenters. The largest absolute Gasteiger partial charge is 0.321 e. The highest BCUT2D eigenvalue weighted by molar-refractivity contribution is 9.10. The summed E-state index contributed by atoms with van der Waals surface area (Å²) in [5.74, 6) is -0.725. The molecule has 1 aromatic carbocycles. The second-order valence-electron chi connectivity index (χ2n) is 4.80. The van der Waals surface area contributed by atoms with Gasteiger partial charge < -0.3 is 5.32 Å². The van der Waals surface area contributed by atoms with Crippen LogP contribution >= 0.6 is 15.9 Å². The number of anilines is 1. The van der Waals surface area contributed by atoms with Crippen molar-refractivity contribution in [1.29, 1.82) is 0 Å². The molecule has 3 rings (SSSR count). The third-order valence-corrected chi connectivity index (χ3v) is 3.78. The van der Waals surface area contributed by atoms with Gasteiger partial charge in [-0.2, -0.15) is 0 Å². The SMILES string of the molecule is CCc1nc2ccc(F)cn2c1C(=O)Nc1cccc(Br)c1. The van der Waals surface area contributed by atoms with E-state index in [1.165, 1.54) is 16.7 Å². The van der Waals surface area contributed by atoms with Gasteiger partial charge in [0.25, 0.3) is 5.91 Å². The van der Waals surface area contributed by atoms with Crippen LogP contribution in [0, 0.1) is 5.82 Å². The van der Waals surface area contributed by atoms with E-state index in [4.69, 9.17) is 0 Å². The Bertz CT molecular complexity index is 860. The van der Waals surface area contributed by atoms with Crippen molar-refractivity contribution in [2.24, 2.45) is 0 Å². The Labute approximate surface area is 135 Å². The number of carbonyl (C=O) groups is 1. The van der Waals surface area contributed by atoms with Crippen LogP contribution in [-0.2, 0) is 6.42 Å². The zero-order chi connectivity index (χ0) is 15.7. The van der Waals surface area contributed by atoms with Crippen LogP contribution in [0.5, 0.6) is 0 Å². The van der Waals surface area contributed by atoms with Crippen LogP contribution in [0.15, 0.2) is 47.1 Å². The summed E-state index contributed by atoms with van der Waals surface area (Å²) >= 11 is 3.36. The highest BCUT2D eigenvalue weighted by Crippen LogP contribution is 2.19. The Morgan fingerprint density at radius 1 is 1.36 bits per heavy atom. The Morgan fingerprint density at radius 2 is 2.18 bits per heavy atom. The van der Waals surface area contributed by atoms with E-state index >= 15 is 0 Å². The molecule has 0 bridgehead atoms. The topological polar surface area (TPSA) is 46.4 Å². The number of halogens is 2.